The summed E-state index contributed by atoms with van der Waals surface area (Å²) in [4.78, 5) is 36.1. The largest absolute Gasteiger partial charge is 0.462 e. The third-order valence-electron chi connectivity index (χ3n) is 3.39. The van der Waals surface area contributed by atoms with E-state index in [1.54, 1.807) is 19.9 Å². The quantitative estimate of drug-likeness (QED) is 0.531. The minimum Gasteiger partial charge on any atom is -0.462 e. The van der Waals surface area contributed by atoms with Crippen LogP contribution in [-0.4, -0.2) is 24.4 Å². The average molecular weight is 437 g/mol. The molecule has 0 saturated carbocycles. The molecule has 0 aliphatic heterocycles. The topological polar surface area (TPSA) is 98.5 Å². The number of nitrogens with two attached hydrogens (primary N) is 1. The number of amides is 2. The molecule has 8 heteroatoms. The Morgan fingerprint density at radius 2 is 1.92 bits per heavy atom. The van der Waals surface area contributed by atoms with Crippen LogP contribution in [-0.2, 0) is 9.53 Å². The number of thiophene rings is 1. The van der Waals surface area contributed by atoms with Gasteiger partial charge in [0, 0.05) is 10.5 Å². The molecule has 0 fully saturated rings. The number of rotatable bonds is 6. The van der Waals surface area contributed by atoms with Crippen LogP contribution in [0.2, 0.25) is 0 Å². The van der Waals surface area contributed by atoms with Crippen molar-refractivity contribution in [3.63, 3.8) is 0 Å². The normalized spacial score (nSPS) is 10.7. The number of ether oxygens (including phenoxy) is 1. The smallest absolute Gasteiger partial charge is 0.348 e. The third-order valence-corrected chi connectivity index (χ3v) is 5.10. The monoisotopic (exact) mass is 436 g/mol. The van der Waals surface area contributed by atoms with Gasteiger partial charge in [-0.25, -0.2) is 4.79 Å². The first-order valence-corrected chi connectivity index (χ1v) is 9.29. The summed E-state index contributed by atoms with van der Waals surface area (Å²) in [5.74, 6) is -1.71. The van der Waals surface area contributed by atoms with E-state index in [1.807, 2.05) is 24.3 Å². The summed E-state index contributed by atoms with van der Waals surface area (Å²) >= 11 is 4.31. The molecule has 2 amide bonds. The van der Waals surface area contributed by atoms with E-state index in [-0.39, 0.29) is 22.0 Å². The number of nitrogens with one attached hydrogen (secondary N) is 1. The number of esters is 1. The first-order chi connectivity index (χ1) is 12.3. The molecule has 0 atom stereocenters. The van der Waals surface area contributed by atoms with Crippen LogP contribution in [0.5, 0.6) is 0 Å². The number of carbonyl (C=O) groups excluding carboxylic acids is 3. The van der Waals surface area contributed by atoms with Gasteiger partial charge in [-0.1, -0.05) is 28.1 Å². The van der Waals surface area contributed by atoms with E-state index in [0.717, 1.165) is 21.4 Å². The Kier molecular flexibility index (Phi) is 6.70. The maximum absolute atomic E-state index is 12.2. The van der Waals surface area contributed by atoms with Crippen LogP contribution in [0.4, 0.5) is 5.00 Å². The van der Waals surface area contributed by atoms with Crippen molar-refractivity contribution in [2.75, 3.05) is 11.9 Å². The highest BCUT2D eigenvalue weighted by Crippen LogP contribution is 2.33. The Morgan fingerprint density at radius 3 is 2.50 bits per heavy atom. The first-order valence-electron chi connectivity index (χ1n) is 7.68. The van der Waals surface area contributed by atoms with Gasteiger partial charge in [-0.3, -0.25) is 9.59 Å². The lowest BCUT2D eigenvalue weighted by atomic mass is 10.1. The highest BCUT2D eigenvalue weighted by atomic mass is 79.9. The number of carbonyl (C=O) groups is 3. The zero-order valence-corrected chi connectivity index (χ0v) is 16.6. The van der Waals surface area contributed by atoms with Crippen molar-refractivity contribution >= 4 is 56.1 Å². The number of halogens is 1. The van der Waals surface area contributed by atoms with Crippen LogP contribution in [0.3, 0.4) is 0 Å². The molecule has 2 rings (SSSR count). The van der Waals surface area contributed by atoms with Gasteiger partial charge >= 0.3 is 5.97 Å². The predicted molar refractivity (Wildman–Crippen MR) is 105 cm³/mol. The maximum Gasteiger partial charge on any atom is 0.348 e. The summed E-state index contributed by atoms with van der Waals surface area (Å²) in [6.07, 6.45) is 2.98. The summed E-state index contributed by atoms with van der Waals surface area (Å²) in [5, 5.41) is 2.83. The fourth-order valence-corrected chi connectivity index (χ4v) is 3.56. The van der Waals surface area contributed by atoms with Crippen molar-refractivity contribution in [2.24, 2.45) is 5.73 Å². The molecule has 0 aliphatic rings. The van der Waals surface area contributed by atoms with Crippen molar-refractivity contribution in [1.82, 2.24) is 0 Å². The number of anilines is 1. The SMILES string of the molecule is CCOC(=O)c1sc(NC(=O)/C=C/c2ccc(Br)cc2)c(C(N)=O)c1C. The summed E-state index contributed by atoms with van der Waals surface area (Å²) in [5.41, 5.74) is 6.75. The summed E-state index contributed by atoms with van der Waals surface area (Å²) in [6.45, 7) is 3.49. The Balaban J connectivity index is 2.23. The summed E-state index contributed by atoms with van der Waals surface area (Å²) in [6, 6.07) is 7.40. The summed E-state index contributed by atoms with van der Waals surface area (Å²) in [7, 11) is 0. The molecule has 1 heterocycles. The molecule has 1 aromatic heterocycles. The molecule has 0 radical (unpaired) electrons. The molecule has 0 bridgehead atoms. The average Bonchev–Trinajstić information content (AvgIpc) is 2.91. The minimum atomic E-state index is -0.721. The molecule has 6 nitrogen and oxygen atoms in total. The predicted octanol–water partition coefficient (Wildman–Crippen LogP) is 3.75. The molecule has 26 heavy (non-hydrogen) atoms. The second-order valence-electron chi connectivity index (χ2n) is 5.22. The van der Waals surface area contributed by atoms with Gasteiger partial charge in [-0.2, -0.15) is 0 Å². The Bertz CT molecular complexity index is 872. The molecular weight excluding hydrogens is 420 g/mol. The van der Waals surface area contributed by atoms with Crippen LogP contribution in [0.15, 0.2) is 34.8 Å². The zero-order chi connectivity index (χ0) is 19.3. The second kappa shape index (κ2) is 8.77. The molecule has 1 aromatic carbocycles. The van der Waals surface area contributed by atoms with Crippen molar-refractivity contribution in [1.29, 1.82) is 0 Å². The lowest BCUT2D eigenvalue weighted by Gasteiger charge is -2.02. The van der Waals surface area contributed by atoms with Gasteiger partial charge < -0.3 is 15.8 Å². The number of hydrogen-bond acceptors (Lipinski definition) is 5. The van der Waals surface area contributed by atoms with Crippen molar-refractivity contribution < 1.29 is 19.1 Å². The van der Waals surface area contributed by atoms with E-state index in [1.165, 1.54) is 6.08 Å². The zero-order valence-electron chi connectivity index (χ0n) is 14.2. The van der Waals surface area contributed by atoms with Gasteiger partial charge in [0.15, 0.2) is 0 Å². The first kappa shape index (κ1) is 19.9. The highest BCUT2D eigenvalue weighted by molar-refractivity contribution is 9.10. The fraction of sp³-hybridized carbons (Fsp3) is 0.167. The van der Waals surface area contributed by atoms with Crippen molar-refractivity contribution in [3.8, 4) is 0 Å². The van der Waals surface area contributed by atoms with Crippen LogP contribution < -0.4 is 11.1 Å². The van der Waals surface area contributed by atoms with Gasteiger partial charge in [-0.05, 0) is 43.2 Å². The third kappa shape index (κ3) is 4.80. The fourth-order valence-electron chi connectivity index (χ4n) is 2.19. The molecule has 0 unspecified atom stereocenters. The van der Waals surface area contributed by atoms with Crippen LogP contribution in [0, 0.1) is 6.92 Å². The number of benzene rings is 1. The van der Waals surface area contributed by atoms with Crippen LogP contribution >= 0.6 is 27.3 Å². The molecule has 2 aromatic rings. The highest BCUT2D eigenvalue weighted by Gasteiger charge is 2.24. The molecule has 136 valence electrons. The molecular formula is C18H17BrN2O4S. The van der Waals surface area contributed by atoms with Gasteiger partial charge in [0.25, 0.3) is 5.91 Å². The van der Waals surface area contributed by atoms with Gasteiger partial charge in [0.2, 0.25) is 5.91 Å². The molecule has 0 aliphatic carbocycles. The van der Waals surface area contributed by atoms with Gasteiger partial charge in [0.1, 0.15) is 9.88 Å². The lowest BCUT2D eigenvalue weighted by molar-refractivity contribution is -0.111. The van der Waals surface area contributed by atoms with Crippen molar-refractivity contribution in [3.05, 3.63) is 56.4 Å². The molecule has 0 saturated heterocycles. The molecule has 0 spiro atoms. The Hall–Kier alpha value is -2.45. The van der Waals surface area contributed by atoms with E-state index >= 15 is 0 Å². The van der Waals surface area contributed by atoms with E-state index in [4.69, 9.17) is 10.5 Å². The van der Waals surface area contributed by atoms with Crippen LogP contribution in [0.1, 0.15) is 38.1 Å². The van der Waals surface area contributed by atoms with Crippen molar-refractivity contribution in [2.45, 2.75) is 13.8 Å². The van der Waals surface area contributed by atoms with E-state index in [2.05, 4.69) is 21.2 Å². The molecule has 3 N–H and O–H groups in total. The minimum absolute atomic E-state index is 0.114. The van der Waals surface area contributed by atoms with Crippen LogP contribution in [0.25, 0.3) is 6.08 Å². The van der Waals surface area contributed by atoms with E-state index in [9.17, 15) is 14.4 Å². The van der Waals surface area contributed by atoms with E-state index < -0.39 is 17.8 Å². The van der Waals surface area contributed by atoms with E-state index in [0.29, 0.717) is 5.56 Å². The number of primary amides is 1. The Morgan fingerprint density at radius 1 is 1.27 bits per heavy atom. The Labute approximate surface area is 163 Å². The summed E-state index contributed by atoms with van der Waals surface area (Å²) < 4.78 is 5.90. The number of hydrogen-bond donors (Lipinski definition) is 2. The van der Waals surface area contributed by atoms with Gasteiger partial charge in [0.05, 0.1) is 12.2 Å². The second-order valence-corrected chi connectivity index (χ2v) is 7.16. The standard InChI is InChI=1S/C18H17BrN2O4S/c1-3-25-18(24)15-10(2)14(16(20)23)17(26-15)21-13(22)9-6-11-4-7-12(19)8-5-11/h4-9H,3H2,1-2H3,(H2,20,23)(H,21,22)/b9-6+. The van der Waals surface area contributed by atoms with Gasteiger partial charge in [-0.15, -0.1) is 11.3 Å². The lowest BCUT2D eigenvalue weighted by Crippen LogP contribution is -2.16. The maximum atomic E-state index is 12.2.